The molecule has 0 spiro atoms. The molecule has 86 valence electrons. The number of amides is 2. The van der Waals surface area contributed by atoms with Crippen molar-refractivity contribution in [2.45, 2.75) is 26.2 Å². The molecule has 1 aliphatic heterocycles. The van der Waals surface area contributed by atoms with Gasteiger partial charge >= 0.3 is 0 Å². The Labute approximate surface area is 95.5 Å². The number of unbranched alkanes of at least 4 members (excludes halogenated alkanes) is 1. The number of rotatable bonds is 3. The molecule has 4 atom stereocenters. The summed E-state index contributed by atoms with van der Waals surface area (Å²) in [4.78, 5) is 25.8. The predicted octanol–water partition coefficient (Wildman–Crippen LogP) is 1.59. The van der Waals surface area contributed by atoms with E-state index in [0.717, 1.165) is 19.3 Å². The molecule has 16 heavy (non-hydrogen) atoms. The van der Waals surface area contributed by atoms with Gasteiger partial charge in [0.2, 0.25) is 11.8 Å². The second kappa shape index (κ2) is 3.44. The second-order valence-electron chi connectivity index (χ2n) is 5.18. The van der Waals surface area contributed by atoms with E-state index in [9.17, 15) is 9.59 Å². The van der Waals surface area contributed by atoms with E-state index in [4.69, 9.17) is 0 Å². The molecule has 0 radical (unpaired) electrons. The van der Waals surface area contributed by atoms with Crippen LogP contribution in [0.2, 0.25) is 0 Å². The molecule has 1 saturated carbocycles. The van der Waals surface area contributed by atoms with Gasteiger partial charge in [-0.15, -0.1) is 0 Å². The van der Waals surface area contributed by atoms with Gasteiger partial charge in [-0.2, -0.15) is 0 Å². The maximum Gasteiger partial charge on any atom is 0.233 e. The lowest BCUT2D eigenvalue weighted by Gasteiger charge is -2.16. The van der Waals surface area contributed by atoms with Crippen molar-refractivity contribution in [2.24, 2.45) is 23.7 Å². The monoisotopic (exact) mass is 219 g/mol. The predicted molar refractivity (Wildman–Crippen MR) is 59.3 cm³/mol. The van der Waals surface area contributed by atoms with Crippen LogP contribution in [0.25, 0.3) is 0 Å². The van der Waals surface area contributed by atoms with Crippen LogP contribution in [0, 0.1) is 23.7 Å². The molecule has 2 aliphatic carbocycles. The molecular formula is C13H17NO2. The first kappa shape index (κ1) is 10.1. The van der Waals surface area contributed by atoms with Crippen LogP contribution in [0.4, 0.5) is 0 Å². The number of carbonyl (C=O) groups excluding carboxylic acids is 2. The lowest BCUT2D eigenvalue weighted by atomic mass is 9.85. The molecule has 3 heteroatoms. The fraction of sp³-hybridized carbons (Fsp3) is 0.692. The fourth-order valence-corrected chi connectivity index (χ4v) is 3.50. The third-order valence-corrected chi connectivity index (χ3v) is 4.30. The lowest BCUT2D eigenvalue weighted by molar-refractivity contribution is -0.140. The standard InChI is InChI=1S/C13H17NO2/c1-2-3-6-14-12(15)10-8-4-5-9(7-8)11(10)13(14)16/h4-5,8-11H,2-3,6-7H2,1H3/t8-,9+,10-,11-/m0/s1. The quantitative estimate of drug-likeness (QED) is 0.534. The van der Waals surface area contributed by atoms with Crippen LogP contribution in [0.15, 0.2) is 12.2 Å². The zero-order valence-corrected chi connectivity index (χ0v) is 9.56. The number of fused-ring (bicyclic) bond motifs is 5. The van der Waals surface area contributed by atoms with E-state index in [2.05, 4.69) is 19.1 Å². The minimum absolute atomic E-state index is 0.0145. The Balaban J connectivity index is 1.83. The summed E-state index contributed by atoms with van der Waals surface area (Å²) in [7, 11) is 0. The van der Waals surface area contributed by atoms with Gasteiger partial charge in [-0.3, -0.25) is 14.5 Å². The Morgan fingerprint density at radius 2 is 1.75 bits per heavy atom. The molecule has 0 aromatic rings. The topological polar surface area (TPSA) is 37.4 Å². The van der Waals surface area contributed by atoms with Crippen LogP contribution in [0.1, 0.15) is 26.2 Å². The Bertz CT molecular complexity index is 344. The second-order valence-corrected chi connectivity index (χ2v) is 5.18. The number of imide groups is 1. The van der Waals surface area contributed by atoms with Crippen molar-refractivity contribution in [3.8, 4) is 0 Å². The number of hydrogen-bond acceptors (Lipinski definition) is 2. The van der Waals surface area contributed by atoms with Crippen LogP contribution in [0.5, 0.6) is 0 Å². The number of nitrogens with zero attached hydrogens (tertiary/aromatic N) is 1. The summed E-state index contributed by atoms with van der Waals surface area (Å²) in [5.41, 5.74) is 0. The molecule has 0 aromatic carbocycles. The molecule has 2 bridgehead atoms. The Kier molecular flexibility index (Phi) is 2.16. The van der Waals surface area contributed by atoms with Crippen LogP contribution in [-0.4, -0.2) is 23.3 Å². The Morgan fingerprint density at radius 1 is 1.19 bits per heavy atom. The molecule has 0 unspecified atom stereocenters. The van der Waals surface area contributed by atoms with Gasteiger partial charge in [0.15, 0.2) is 0 Å². The van der Waals surface area contributed by atoms with Gasteiger partial charge in [0, 0.05) is 6.54 Å². The SMILES string of the molecule is CCCCN1C(=O)[C@@H]2[C@@H](C1=O)[C@H]1C=C[C@@H]2C1. The number of carbonyl (C=O) groups is 2. The first-order valence-electron chi connectivity index (χ1n) is 6.27. The summed E-state index contributed by atoms with van der Waals surface area (Å²) in [5.74, 6) is 0.857. The van der Waals surface area contributed by atoms with Gasteiger partial charge < -0.3 is 0 Å². The molecule has 3 nitrogen and oxygen atoms in total. The summed E-state index contributed by atoms with van der Waals surface area (Å²) in [6.45, 7) is 2.71. The fourth-order valence-electron chi connectivity index (χ4n) is 3.50. The van der Waals surface area contributed by atoms with Crippen LogP contribution < -0.4 is 0 Å². The van der Waals surface area contributed by atoms with E-state index >= 15 is 0 Å². The molecule has 1 saturated heterocycles. The van der Waals surface area contributed by atoms with Crippen LogP contribution >= 0.6 is 0 Å². The first-order chi connectivity index (χ1) is 7.74. The number of allylic oxidation sites excluding steroid dienone is 2. The Hall–Kier alpha value is -1.12. The summed E-state index contributed by atoms with van der Waals surface area (Å²) in [5, 5.41) is 0. The summed E-state index contributed by atoms with van der Waals surface area (Å²) >= 11 is 0. The Morgan fingerprint density at radius 3 is 2.25 bits per heavy atom. The van der Waals surface area contributed by atoms with Gasteiger partial charge in [0.05, 0.1) is 11.8 Å². The highest BCUT2D eigenvalue weighted by atomic mass is 16.2. The molecule has 1 heterocycles. The summed E-state index contributed by atoms with van der Waals surface area (Å²) in [6, 6.07) is 0. The van der Waals surface area contributed by atoms with Crippen LogP contribution in [0.3, 0.4) is 0 Å². The summed E-state index contributed by atoms with van der Waals surface area (Å²) < 4.78 is 0. The minimum Gasteiger partial charge on any atom is -0.282 e. The number of hydrogen-bond donors (Lipinski definition) is 0. The molecule has 3 rings (SSSR count). The molecule has 0 N–H and O–H groups in total. The third-order valence-electron chi connectivity index (χ3n) is 4.30. The van der Waals surface area contributed by atoms with Crippen molar-refractivity contribution in [3.63, 3.8) is 0 Å². The zero-order valence-electron chi connectivity index (χ0n) is 9.56. The van der Waals surface area contributed by atoms with Crippen molar-refractivity contribution in [3.05, 3.63) is 12.2 Å². The van der Waals surface area contributed by atoms with Crippen molar-refractivity contribution in [1.29, 1.82) is 0 Å². The molecule has 3 aliphatic rings. The van der Waals surface area contributed by atoms with E-state index in [1.54, 1.807) is 0 Å². The summed E-state index contributed by atoms with van der Waals surface area (Å²) in [6.07, 6.45) is 7.26. The third kappa shape index (κ3) is 1.14. The van der Waals surface area contributed by atoms with Crippen molar-refractivity contribution >= 4 is 11.8 Å². The van der Waals surface area contributed by atoms with Gasteiger partial charge in [-0.05, 0) is 24.7 Å². The highest BCUT2D eigenvalue weighted by molar-refractivity contribution is 6.06. The minimum atomic E-state index is -0.0145. The molecule has 0 aromatic heterocycles. The van der Waals surface area contributed by atoms with E-state index in [1.165, 1.54) is 4.90 Å². The van der Waals surface area contributed by atoms with E-state index in [-0.39, 0.29) is 23.7 Å². The van der Waals surface area contributed by atoms with Gasteiger partial charge in [0.25, 0.3) is 0 Å². The van der Waals surface area contributed by atoms with Crippen molar-refractivity contribution < 1.29 is 9.59 Å². The smallest absolute Gasteiger partial charge is 0.233 e. The van der Waals surface area contributed by atoms with Gasteiger partial charge in [-0.1, -0.05) is 25.5 Å². The van der Waals surface area contributed by atoms with Crippen molar-refractivity contribution in [2.75, 3.05) is 6.54 Å². The van der Waals surface area contributed by atoms with Crippen molar-refractivity contribution in [1.82, 2.24) is 4.90 Å². The van der Waals surface area contributed by atoms with E-state index in [1.807, 2.05) is 0 Å². The number of likely N-dealkylation sites (tertiary alicyclic amines) is 1. The lowest BCUT2D eigenvalue weighted by Crippen LogP contribution is -2.33. The van der Waals surface area contributed by atoms with Gasteiger partial charge in [-0.25, -0.2) is 0 Å². The van der Waals surface area contributed by atoms with Gasteiger partial charge in [0.1, 0.15) is 0 Å². The largest absolute Gasteiger partial charge is 0.282 e. The average molecular weight is 219 g/mol. The molecular weight excluding hydrogens is 202 g/mol. The zero-order chi connectivity index (χ0) is 11.3. The maximum atomic E-state index is 12.2. The highest BCUT2D eigenvalue weighted by Crippen LogP contribution is 2.52. The normalized spacial score (nSPS) is 39.9. The molecule has 2 amide bonds. The highest BCUT2D eigenvalue weighted by Gasteiger charge is 2.58. The van der Waals surface area contributed by atoms with E-state index in [0.29, 0.717) is 18.4 Å². The van der Waals surface area contributed by atoms with E-state index < -0.39 is 0 Å². The first-order valence-corrected chi connectivity index (χ1v) is 6.27. The molecule has 2 fully saturated rings. The maximum absolute atomic E-state index is 12.2. The van der Waals surface area contributed by atoms with Crippen LogP contribution in [-0.2, 0) is 9.59 Å². The average Bonchev–Trinajstić information content (AvgIpc) is 2.92.